The van der Waals surface area contributed by atoms with Crippen molar-refractivity contribution < 1.29 is 14.3 Å². The molecule has 6 heteroatoms. The van der Waals surface area contributed by atoms with E-state index in [0.29, 0.717) is 23.4 Å². The van der Waals surface area contributed by atoms with Crippen LogP contribution in [-0.4, -0.2) is 24.7 Å². The molecule has 2 rings (SSSR count). The first-order valence-corrected chi connectivity index (χ1v) is 8.89. The summed E-state index contributed by atoms with van der Waals surface area (Å²) in [5.41, 5.74) is 1.97. The minimum absolute atomic E-state index is 0.254. The molecule has 0 radical (unpaired) electrons. The first kappa shape index (κ1) is 19.3. The van der Waals surface area contributed by atoms with Crippen molar-refractivity contribution in [3.05, 3.63) is 65.7 Å². The van der Waals surface area contributed by atoms with Crippen LogP contribution in [0, 0.1) is 11.3 Å². The van der Waals surface area contributed by atoms with E-state index in [1.165, 1.54) is 24.9 Å². The van der Waals surface area contributed by atoms with Gasteiger partial charge in [0.05, 0.1) is 24.4 Å². The van der Waals surface area contributed by atoms with Crippen LogP contribution in [-0.2, 0) is 9.53 Å². The number of carbonyl (C=O) groups is 2. The Balaban J connectivity index is 1.99. The molecular formula is C20H18N2O3S. The van der Waals surface area contributed by atoms with Crippen LogP contribution >= 0.6 is 11.8 Å². The number of nitrogens with one attached hydrogen (secondary N) is 1. The molecule has 1 amide bonds. The van der Waals surface area contributed by atoms with E-state index in [9.17, 15) is 9.59 Å². The molecular weight excluding hydrogens is 348 g/mol. The van der Waals surface area contributed by atoms with Gasteiger partial charge in [-0.2, -0.15) is 5.26 Å². The molecule has 0 fully saturated rings. The summed E-state index contributed by atoms with van der Waals surface area (Å²) in [7, 11) is 1.33. The van der Waals surface area contributed by atoms with Gasteiger partial charge in [-0.3, -0.25) is 4.79 Å². The molecule has 0 aliphatic rings. The molecule has 2 aromatic carbocycles. The quantitative estimate of drug-likeness (QED) is 0.345. The first-order chi connectivity index (χ1) is 12.6. The Bertz CT molecular complexity index is 839. The number of rotatable bonds is 7. The molecule has 2 aromatic rings. The maximum atomic E-state index is 12.2. The van der Waals surface area contributed by atoms with Gasteiger partial charge in [0.25, 0.3) is 0 Å². The minimum Gasteiger partial charge on any atom is -0.465 e. The molecule has 1 N–H and O–H groups in total. The van der Waals surface area contributed by atoms with E-state index in [0.717, 1.165) is 10.5 Å². The molecule has 0 bridgehead atoms. The Morgan fingerprint density at radius 3 is 2.62 bits per heavy atom. The summed E-state index contributed by atoms with van der Waals surface area (Å²) in [5.74, 6) is 0.0188. The number of nitriles is 1. The third-order valence-electron chi connectivity index (χ3n) is 3.38. The number of esters is 1. The van der Waals surface area contributed by atoms with Gasteiger partial charge in [-0.05, 0) is 35.9 Å². The normalized spacial score (nSPS) is 10.3. The number of carbonyl (C=O) groups excluding carboxylic acids is 2. The molecule has 26 heavy (non-hydrogen) atoms. The average molecular weight is 366 g/mol. The van der Waals surface area contributed by atoms with Gasteiger partial charge in [-0.15, -0.1) is 11.8 Å². The molecule has 5 nitrogen and oxygen atoms in total. The molecule has 0 heterocycles. The van der Waals surface area contributed by atoms with Crippen molar-refractivity contribution in [2.24, 2.45) is 0 Å². The number of thioether (sulfide) groups is 1. The first-order valence-electron chi connectivity index (χ1n) is 7.90. The van der Waals surface area contributed by atoms with Crippen molar-refractivity contribution >= 4 is 35.4 Å². The monoisotopic (exact) mass is 366 g/mol. The predicted molar refractivity (Wildman–Crippen MR) is 103 cm³/mol. The number of para-hydroxylation sites is 1. The van der Waals surface area contributed by atoms with Crippen LogP contribution in [0.1, 0.15) is 22.3 Å². The summed E-state index contributed by atoms with van der Waals surface area (Å²) in [5, 5.41) is 11.5. The fraction of sp³-hybridized carbons (Fsp3) is 0.150. The van der Waals surface area contributed by atoms with Gasteiger partial charge in [0.2, 0.25) is 5.91 Å². The van der Waals surface area contributed by atoms with Crippen molar-refractivity contribution in [3.63, 3.8) is 0 Å². The van der Waals surface area contributed by atoms with Gasteiger partial charge in [-0.1, -0.05) is 24.3 Å². The molecule has 0 aliphatic heterocycles. The van der Waals surface area contributed by atoms with Crippen molar-refractivity contribution in [1.82, 2.24) is 0 Å². The zero-order chi connectivity index (χ0) is 18.8. The number of hydrogen-bond donors (Lipinski definition) is 1. The third kappa shape index (κ3) is 5.80. The molecule has 0 atom stereocenters. The lowest BCUT2D eigenvalue weighted by Gasteiger charge is -2.08. The highest BCUT2D eigenvalue weighted by Crippen LogP contribution is 2.27. The van der Waals surface area contributed by atoms with E-state index in [2.05, 4.69) is 16.1 Å². The van der Waals surface area contributed by atoms with Crippen molar-refractivity contribution in [2.75, 3.05) is 18.2 Å². The third-order valence-corrected chi connectivity index (χ3v) is 4.45. The number of ether oxygens (including phenoxy) is 1. The second-order valence-corrected chi connectivity index (χ2v) is 6.33. The van der Waals surface area contributed by atoms with E-state index in [-0.39, 0.29) is 5.91 Å². The van der Waals surface area contributed by atoms with Crippen molar-refractivity contribution in [3.8, 4) is 6.07 Å². The van der Waals surface area contributed by atoms with E-state index in [1.807, 2.05) is 24.3 Å². The van der Waals surface area contributed by atoms with E-state index in [1.54, 1.807) is 30.3 Å². The molecule has 0 spiro atoms. The van der Waals surface area contributed by atoms with Gasteiger partial charge in [0.1, 0.15) is 0 Å². The van der Waals surface area contributed by atoms with Gasteiger partial charge in [0, 0.05) is 23.1 Å². The van der Waals surface area contributed by atoms with Crippen molar-refractivity contribution in [2.45, 2.75) is 11.3 Å². The molecule has 132 valence electrons. The van der Waals surface area contributed by atoms with E-state index in [4.69, 9.17) is 5.26 Å². The maximum Gasteiger partial charge on any atom is 0.337 e. The maximum absolute atomic E-state index is 12.2. The van der Waals surface area contributed by atoms with Crippen LogP contribution in [0.15, 0.2) is 59.5 Å². The number of anilines is 1. The summed E-state index contributed by atoms with van der Waals surface area (Å²) in [6.45, 7) is 0. The van der Waals surface area contributed by atoms with Gasteiger partial charge in [-0.25, -0.2) is 4.79 Å². The van der Waals surface area contributed by atoms with Gasteiger partial charge >= 0.3 is 5.97 Å². The fourth-order valence-corrected chi connectivity index (χ4v) is 2.96. The molecule has 0 aliphatic carbocycles. The van der Waals surface area contributed by atoms with Crippen LogP contribution in [0.5, 0.6) is 0 Å². The lowest BCUT2D eigenvalue weighted by atomic mass is 10.1. The second-order valence-electron chi connectivity index (χ2n) is 5.19. The molecule has 0 saturated carbocycles. The highest BCUT2D eigenvalue weighted by molar-refractivity contribution is 7.99. The van der Waals surface area contributed by atoms with Crippen molar-refractivity contribution in [1.29, 1.82) is 5.26 Å². The SMILES string of the molecule is COC(=O)c1ccc(/C=C/C(=O)Nc2ccccc2SCCC#N)cc1. The molecule has 0 unspecified atom stereocenters. The Hall–Kier alpha value is -3.04. The Labute approximate surface area is 156 Å². The Morgan fingerprint density at radius 1 is 1.19 bits per heavy atom. The molecule has 0 aromatic heterocycles. The Morgan fingerprint density at radius 2 is 1.92 bits per heavy atom. The fourth-order valence-electron chi connectivity index (χ4n) is 2.10. The number of amides is 1. The standard InChI is InChI=1S/C20H18N2O3S/c1-25-20(24)16-10-7-15(8-11-16)9-12-19(23)22-17-5-2-3-6-18(17)26-14-4-13-21/h2-3,5-12H,4,14H2,1H3,(H,22,23)/b12-9+. The lowest BCUT2D eigenvalue weighted by Crippen LogP contribution is -2.08. The summed E-state index contributed by atoms with van der Waals surface area (Å²) in [6, 6.07) is 16.3. The van der Waals surface area contributed by atoms with Crippen LogP contribution in [0.25, 0.3) is 6.08 Å². The predicted octanol–water partition coefficient (Wildman–Crippen LogP) is 4.13. The van der Waals surface area contributed by atoms with Gasteiger partial charge in [0.15, 0.2) is 0 Å². The van der Waals surface area contributed by atoms with Gasteiger partial charge < -0.3 is 10.1 Å². The second kappa shape index (κ2) is 10.1. The highest BCUT2D eigenvalue weighted by atomic mass is 32.2. The van der Waals surface area contributed by atoms with E-state index >= 15 is 0 Å². The zero-order valence-corrected chi connectivity index (χ0v) is 15.1. The average Bonchev–Trinajstić information content (AvgIpc) is 2.67. The van der Waals surface area contributed by atoms with Crippen LogP contribution < -0.4 is 5.32 Å². The number of hydrogen-bond acceptors (Lipinski definition) is 5. The number of benzene rings is 2. The number of nitrogens with zero attached hydrogens (tertiary/aromatic N) is 1. The highest BCUT2D eigenvalue weighted by Gasteiger charge is 2.06. The summed E-state index contributed by atoms with van der Waals surface area (Å²) in [6.07, 6.45) is 3.56. The topological polar surface area (TPSA) is 79.2 Å². The smallest absolute Gasteiger partial charge is 0.337 e. The summed E-state index contributed by atoms with van der Waals surface area (Å²) >= 11 is 1.53. The molecule has 0 saturated heterocycles. The largest absolute Gasteiger partial charge is 0.465 e. The minimum atomic E-state index is -0.399. The lowest BCUT2D eigenvalue weighted by molar-refractivity contribution is -0.111. The summed E-state index contributed by atoms with van der Waals surface area (Å²) in [4.78, 5) is 24.5. The van der Waals surface area contributed by atoms with Crippen LogP contribution in [0.3, 0.4) is 0 Å². The van der Waals surface area contributed by atoms with Crippen LogP contribution in [0.2, 0.25) is 0 Å². The number of methoxy groups -OCH3 is 1. The Kier molecular flexibility index (Phi) is 7.47. The van der Waals surface area contributed by atoms with E-state index < -0.39 is 5.97 Å². The zero-order valence-electron chi connectivity index (χ0n) is 14.3. The van der Waals surface area contributed by atoms with Crippen LogP contribution in [0.4, 0.5) is 5.69 Å². The summed E-state index contributed by atoms with van der Waals surface area (Å²) < 4.78 is 4.65.